The maximum atomic E-state index is 4.99. The summed E-state index contributed by atoms with van der Waals surface area (Å²) < 4.78 is 4.77. The van der Waals surface area contributed by atoms with E-state index in [1.54, 1.807) is 0 Å². The zero-order valence-electron chi connectivity index (χ0n) is 27.1. The van der Waals surface area contributed by atoms with Crippen molar-refractivity contribution in [3.63, 3.8) is 0 Å². The summed E-state index contributed by atoms with van der Waals surface area (Å²) in [6.07, 6.45) is 7.67. The Morgan fingerprint density at radius 3 is 1.27 bits per heavy atom. The fraction of sp³-hybridized carbons (Fsp3) is 0.0952. The van der Waals surface area contributed by atoms with E-state index in [1.807, 2.05) is 36.9 Å². The highest BCUT2D eigenvalue weighted by Gasteiger charge is 2.21. The minimum Gasteiger partial charge on any atom is -0.311 e. The van der Waals surface area contributed by atoms with Gasteiger partial charge in [-0.3, -0.25) is 19.9 Å². The first-order chi connectivity index (χ1) is 23.5. The number of fused-ring (bicyclic) bond motifs is 11. The van der Waals surface area contributed by atoms with Crippen LogP contribution in [-0.2, 0) is 0 Å². The van der Waals surface area contributed by atoms with E-state index in [4.69, 9.17) is 9.97 Å². The fourth-order valence-electron chi connectivity index (χ4n) is 7.86. The van der Waals surface area contributed by atoms with Crippen LogP contribution in [0.1, 0.15) is 22.5 Å². The summed E-state index contributed by atoms with van der Waals surface area (Å²) in [5.74, 6) is 0. The summed E-state index contributed by atoms with van der Waals surface area (Å²) in [7, 11) is 0. The predicted molar refractivity (Wildman–Crippen MR) is 198 cm³/mol. The third kappa shape index (κ3) is 3.57. The molecule has 10 aromatic rings. The molecule has 6 nitrogen and oxygen atoms in total. The quantitative estimate of drug-likeness (QED) is 0.181. The highest BCUT2D eigenvalue weighted by molar-refractivity contribution is 6.18. The molecule has 0 spiro atoms. The van der Waals surface area contributed by atoms with Crippen molar-refractivity contribution < 1.29 is 0 Å². The summed E-state index contributed by atoms with van der Waals surface area (Å²) in [6, 6.07) is 30.4. The number of benzene rings is 4. The molecule has 0 N–H and O–H groups in total. The van der Waals surface area contributed by atoms with Crippen LogP contribution in [0.5, 0.6) is 0 Å². The van der Waals surface area contributed by atoms with Crippen LogP contribution in [0.15, 0.2) is 110 Å². The summed E-state index contributed by atoms with van der Waals surface area (Å²) >= 11 is 0. The Labute approximate surface area is 275 Å². The minimum absolute atomic E-state index is 0.922. The van der Waals surface area contributed by atoms with E-state index in [0.717, 1.165) is 55.0 Å². The van der Waals surface area contributed by atoms with E-state index in [9.17, 15) is 0 Å². The van der Waals surface area contributed by atoms with Gasteiger partial charge in [-0.2, -0.15) is 0 Å². The SMILES string of the molecule is Cc1c(C)n(-c2cnc3c(ccc4cccnc43)c2)c2c1ccc1c2ccc2c(C)c(C)n(-c3cnc4c(ccc5cccnc54)c3)c21. The topological polar surface area (TPSA) is 61.4 Å². The standard InChI is InChI=1S/C42H30N6/c1-23-25(3)47(31-19-29-11-9-27-7-5-17-43-37(27)39(29)45-21-31)41-33(23)13-15-36-35(41)16-14-34-24(2)26(4)48(42(34)36)32-20-30-12-10-28-8-6-18-44-38(28)40(30)46-22-32/h5-22H,1-4H3. The van der Waals surface area contributed by atoms with Gasteiger partial charge in [0.05, 0.1) is 56.9 Å². The van der Waals surface area contributed by atoms with E-state index in [0.29, 0.717) is 0 Å². The second kappa shape index (κ2) is 9.69. The average molecular weight is 619 g/mol. The first-order valence-electron chi connectivity index (χ1n) is 16.3. The van der Waals surface area contributed by atoms with Gasteiger partial charge in [-0.25, -0.2) is 0 Å². The molecule has 0 atom stereocenters. The monoisotopic (exact) mass is 618 g/mol. The van der Waals surface area contributed by atoms with Crippen LogP contribution in [0.25, 0.3) is 87.6 Å². The largest absolute Gasteiger partial charge is 0.311 e. The third-order valence-electron chi connectivity index (χ3n) is 10.5. The molecule has 0 radical (unpaired) electrons. The molecule has 0 saturated heterocycles. The van der Waals surface area contributed by atoms with Crippen molar-refractivity contribution in [2.75, 3.05) is 0 Å². The van der Waals surface area contributed by atoms with E-state index in [-0.39, 0.29) is 0 Å². The molecule has 48 heavy (non-hydrogen) atoms. The average Bonchev–Trinajstić information content (AvgIpc) is 3.55. The molecule has 0 amide bonds. The first kappa shape index (κ1) is 27.0. The smallest absolute Gasteiger partial charge is 0.0966 e. The minimum atomic E-state index is 0.922. The fourth-order valence-corrected chi connectivity index (χ4v) is 7.86. The maximum absolute atomic E-state index is 4.99. The van der Waals surface area contributed by atoms with Gasteiger partial charge in [0.1, 0.15) is 0 Å². The normalized spacial score (nSPS) is 12.2. The molecule has 10 rings (SSSR count). The lowest BCUT2D eigenvalue weighted by molar-refractivity contribution is 1.03. The number of aromatic nitrogens is 6. The molecule has 4 aromatic carbocycles. The van der Waals surface area contributed by atoms with E-state index < -0.39 is 0 Å². The lowest BCUT2D eigenvalue weighted by Crippen LogP contribution is -2.00. The second-order valence-corrected chi connectivity index (χ2v) is 12.9. The zero-order valence-corrected chi connectivity index (χ0v) is 27.1. The van der Waals surface area contributed by atoms with Crippen LogP contribution in [0, 0.1) is 27.7 Å². The molecule has 6 heterocycles. The van der Waals surface area contributed by atoms with Crippen molar-refractivity contribution in [2.45, 2.75) is 27.7 Å². The molecule has 6 aromatic heterocycles. The Balaban J connectivity index is 1.25. The molecule has 0 aliphatic heterocycles. The summed E-state index contributed by atoms with van der Waals surface area (Å²) in [5.41, 5.74) is 13.1. The molecule has 0 fully saturated rings. The molecular formula is C42H30N6. The highest BCUT2D eigenvalue weighted by Crippen LogP contribution is 2.40. The number of rotatable bonds is 2. The van der Waals surface area contributed by atoms with Crippen LogP contribution in [0.3, 0.4) is 0 Å². The van der Waals surface area contributed by atoms with Gasteiger partial charge in [-0.05, 0) is 63.1 Å². The van der Waals surface area contributed by atoms with Gasteiger partial charge < -0.3 is 9.13 Å². The molecule has 228 valence electrons. The molecule has 0 bridgehead atoms. The Hall–Kier alpha value is -6.14. The predicted octanol–water partition coefficient (Wildman–Crippen LogP) is 10.2. The van der Waals surface area contributed by atoms with Crippen molar-refractivity contribution in [1.82, 2.24) is 29.1 Å². The van der Waals surface area contributed by atoms with Gasteiger partial charge >= 0.3 is 0 Å². The first-order valence-corrected chi connectivity index (χ1v) is 16.3. The summed E-state index contributed by atoms with van der Waals surface area (Å²) in [6.45, 7) is 8.87. The zero-order chi connectivity index (χ0) is 32.3. The van der Waals surface area contributed by atoms with Gasteiger partial charge in [0.15, 0.2) is 0 Å². The number of aryl methyl sites for hydroxylation is 2. The molecule has 0 unspecified atom stereocenters. The Kier molecular flexibility index (Phi) is 5.45. The highest BCUT2D eigenvalue weighted by atomic mass is 15.0. The maximum Gasteiger partial charge on any atom is 0.0966 e. The molecule has 0 aliphatic carbocycles. The van der Waals surface area contributed by atoms with Crippen LogP contribution >= 0.6 is 0 Å². The van der Waals surface area contributed by atoms with Gasteiger partial charge in [0, 0.05) is 66.9 Å². The van der Waals surface area contributed by atoms with Crippen molar-refractivity contribution in [2.24, 2.45) is 0 Å². The van der Waals surface area contributed by atoms with Crippen molar-refractivity contribution >= 4 is 76.2 Å². The van der Waals surface area contributed by atoms with E-state index >= 15 is 0 Å². The van der Waals surface area contributed by atoms with E-state index in [1.165, 1.54) is 55.1 Å². The van der Waals surface area contributed by atoms with Crippen LogP contribution in [-0.4, -0.2) is 29.1 Å². The van der Waals surface area contributed by atoms with Crippen molar-refractivity contribution in [1.29, 1.82) is 0 Å². The van der Waals surface area contributed by atoms with Gasteiger partial charge in [0.25, 0.3) is 0 Å². The van der Waals surface area contributed by atoms with Crippen LogP contribution in [0.4, 0.5) is 0 Å². The summed E-state index contributed by atoms with van der Waals surface area (Å²) in [5, 5.41) is 9.26. The third-order valence-corrected chi connectivity index (χ3v) is 10.5. The lowest BCUT2D eigenvalue weighted by Gasteiger charge is -2.14. The second-order valence-electron chi connectivity index (χ2n) is 12.9. The van der Waals surface area contributed by atoms with Crippen LogP contribution < -0.4 is 0 Å². The number of hydrogen-bond acceptors (Lipinski definition) is 4. The van der Waals surface area contributed by atoms with E-state index in [2.05, 4.69) is 120 Å². The summed E-state index contributed by atoms with van der Waals surface area (Å²) in [4.78, 5) is 19.3. The molecule has 0 saturated carbocycles. The lowest BCUT2D eigenvalue weighted by atomic mass is 10.0. The molecular weight excluding hydrogens is 589 g/mol. The Morgan fingerprint density at radius 1 is 0.417 bits per heavy atom. The number of hydrogen-bond donors (Lipinski definition) is 0. The van der Waals surface area contributed by atoms with Crippen LogP contribution in [0.2, 0.25) is 0 Å². The number of nitrogens with zero attached hydrogens (tertiary/aromatic N) is 6. The Bertz CT molecular complexity index is 2800. The number of pyridine rings is 4. The Morgan fingerprint density at radius 2 is 0.812 bits per heavy atom. The van der Waals surface area contributed by atoms with Gasteiger partial charge in [-0.15, -0.1) is 0 Å². The van der Waals surface area contributed by atoms with Gasteiger partial charge in [0.2, 0.25) is 0 Å². The molecule has 6 heteroatoms. The molecule has 0 aliphatic rings. The van der Waals surface area contributed by atoms with Gasteiger partial charge in [-0.1, -0.05) is 60.7 Å². The van der Waals surface area contributed by atoms with Crippen molar-refractivity contribution in [3.05, 3.63) is 132 Å². The van der Waals surface area contributed by atoms with Crippen molar-refractivity contribution in [3.8, 4) is 11.4 Å².